The van der Waals surface area contributed by atoms with Crippen LogP contribution >= 0.6 is 7.34 Å². The fourth-order valence-corrected chi connectivity index (χ4v) is 3.40. The molecule has 0 fully saturated rings. The van der Waals surface area contributed by atoms with Gasteiger partial charge in [0.1, 0.15) is 18.8 Å². The molecule has 0 unspecified atom stereocenters. The smallest absolute Gasteiger partial charge is 0.152 e. The highest BCUT2D eigenvalue weighted by Crippen LogP contribution is 2.35. The number of ether oxygens (including phenoxy) is 2. The highest BCUT2D eigenvalue weighted by Gasteiger charge is 2.12. The van der Waals surface area contributed by atoms with Crippen LogP contribution in [0.5, 0.6) is 11.5 Å². The predicted molar refractivity (Wildman–Crippen MR) is 110 cm³/mol. The Hall–Kier alpha value is -1.74. The minimum Gasteiger partial charge on any atom is -0.496 e. The summed E-state index contributed by atoms with van der Waals surface area (Å²) < 4.78 is 11.0. The normalized spacial score (nSPS) is 11.7. The van der Waals surface area contributed by atoms with Crippen LogP contribution in [0.1, 0.15) is 47.6 Å². The minimum absolute atomic E-state index is 0.165. The predicted octanol–water partition coefficient (Wildman–Crippen LogP) is 4.63. The first-order chi connectivity index (χ1) is 12.1. The molecular weight excluding hydrogens is 347 g/mol. The fourth-order valence-electron chi connectivity index (χ4n) is 3.04. The minimum atomic E-state index is -3.18. The molecule has 0 aliphatic rings. The number of hydrogen-bond donors (Lipinski definition) is 2. The van der Waals surface area contributed by atoms with Gasteiger partial charge in [-0.1, -0.05) is 26.0 Å². The molecule has 0 saturated carbocycles. The van der Waals surface area contributed by atoms with Gasteiger partial charge in [-0.05, 0) is 78.5 Å². The molecule has 0 aliphatic carbocycles. The first kappa shape index (κ1) is 20.6. The molecule has 0 aliphatic heterocycles. The Labute approximate surface area is 156 Å². The van der Waals surface area contributed by atoms with E-state index in [1.165, 1.54) is 16.7 Å². The van der Waals surface area contributed by atoms with Crippen LogP contribution in [0, 0.1) is 13.8 Å². The van der Waals surface area contributed by atoms with Gasteiger partial charge in [0.15, 0.2) is 6.35 Å². The third-order valence-electron chi connectivity index (χ3n) is 4.40. The summed E-state index contributed by atoms with van der Waals surface area (Å²) in [6.07, 6.45) is 3.99. The lowest BCUT2D eigenvalue weighted by molar-refractivity contribution is 0.344. The Balaban J connectivity index is 2.27. The number of methoxy groups -OCH3 is 1. The van der Waals surface area contributed by atoms with Crippen LogP contribution in [0.15, 0.2) is 30.3 Å². The van der Waals surface area contributed by atoms with E-state index < -0.39 is 7.34 Å². The van der Waals surface area contributed by atoms with Gasteiger partial charge in [0, 0.05) is 0 Å². The van der Waals surface area contributed by atoms with Gasteiger partial charge < -0.3 is 19.3 Å². The van der Waals surface area contributed by atoms with E-state index in [4.69, 9.17) is 9.47 Å². The Morgan fingerprint density at radius 1 is 1.08 bits per heavy atom. The van der Waals surface area contributed by atoms with E-state index in [9.17, 15) is 9.79 Å². The first-order valence-corrected chi connectivity index (χ1v) is 10.7. The molecule has 2 N–H and O–H groups in total. The second-order valence-corrected chi connectivity index (χ2v) is 9.11. The van der Waals surface area contributed by atoms with E-state index in [0.717, 1.165) is 23.3 Å². The molecule has 142 valence electrons. The molecule has 0 radical (unpaired) electrons. The lowest BCUT2D eigenvalue weighted by Crippen LogP contribution is -2.02. The summed E-state index contributed by atoms with van der Waals surface area (Å²) in [4.78, 5) is 18.8. The van der Waals surface area contributed by atoms with E-state index in [2.05, 4.69) is 32.3 Å². The highest BCUT2D eigenvalue weighted by atomic mass is 31.2. The van der Waals surface area contributed by atoms with Crippen molar-refractivity contribution in [2.45, 2.75) is 40.0 Å². The monoisotopic (exact) mass is 376 g/mol. The van der Waals surface area contributed by atoms with Crippen molar-refractivity contribution in [3.8, 4) is 11.5 Å². The Morgan fingerprint density at radius 3 is 2.19 bits per heavy atom. The highest BCUT2D eigenvalue weighted by molar-refractivity contribution is 7.62. The Kier molecular flexibility index (Phi) is 6.57. The number of rotatable bonds is 7. The van der Waals surface area contributed by atoms with E-state index in [1.807, 2.05) is 32.0 Å². The summed E-state index contributed by atoms with van der Waals surface area (Å²) in [5.74, 6) is 1.96. The van der Waals surface area contributed by atoms with Crippen LogP contribution in [0.25, 0.3) is 0 Å². The summed E-state index contributed by atoms with van der Waals surface area (Å²) in [7, 11) is -1.48. The van der Waals surface area contributed by atoms with E-state index >= 15 is 0 Å². The molecule has 0 atom stereocenters. The molecule has 0 heterocycles. The largest absolute Gasteiger partial charge is 0.496 e. The number of aryl methyl sites for hydroxylation is 2. The lowest BCUT2D eigenvalue weighted by Gasteiger charge is -2.17. The molecule has 0 saturated heterocycles. The van der Waals surface area contributed by atoms with Crippen LogP contribution in [-0.2, 0) is 6.42 Å². The van der Waals surface area contributed by atoms with Gasteiger partial charge in [-0.15, -0.1) is 0 Å². The van der Waals surface area contributed by atoms with Crippen molar-refractivity contribution in [1.82, 2.24) is 0 Å². The summed E-state index contributed by atoms with van der Waals surface area (Å²) in [6.45, 7) is 8.43. The van der Waals surface area contributed by atoms with Crippen LogP contribution in [0.3, 0.4) is 0 Å². The molecule has 0 aromatic heterocycles. The molecule has 2 rings (SSSR count). The van der Waals surface area contributed by atoms with Gasteiger partial charge >= 0.3 is 0 Å². The maximum Gasteiger partial charge on any atom is 0.152 e. The van der Waals surface area contributed by atoms with Crippen LogP contribution in [0.2, 0.25) is 0 Å². The number of hydrogen-bond acceptors (Lipinski definition) is 4. The number of benzene rings is 2. The molecule has 2 aromatic rings. The fraction of sp³-hybridized carbons (Fsp3) is 0.381. The Bertz CT molecular complexity index is 798. The van der Waals surface area contributed by atoms with Crippen molar-refractivity contribution in [2.24, 2.45) is 0 Å². The maximum atomic E-state index is 9.40. The van der Waals surface area contributed by atoms with Crippen molar-refractivity contribution >= 4 is 13.6 Å². The summed E-state index contributed by atoms with van der Waals surface area (Å²) in [5, 5.41) is 0. The van der Waals surface area contributed by atoms with Crippen LogP contribution < -0.4 is 9.47 Å². The topological polar surface area (TPSA) is 58.9 Å². The molecule has 2 aromatic carbocycles. The maximum absolute atomic E-state index is 9.40. The van der Waals surface area contributed by atoms with Gasteiger partial charge in [-0.2, -0.15) is 0 Å². The summed E-state index contributed by atoms with van der Waals surface area (Å²) >= 11 is 0. The zero-order valence-electron chi connectivity index (χ0n) is 16.2. The molecule has 0 spiro atoms. The second kappa shape index (κ2) is 8.30. The molecule has 0 amide bonds. The van der Waals surface area contributed by atoms with Gasteiger partial charge in [0.2, 0.25) is 0 Å². The van der Waals surface area contributed by atoms with Crippen molar-refractivity contribution in [1.29, 1.82) is 0 Å². The third-order valence-corrected chi connectivity index (χ3v) is 4.95. The van der Waals surface area contributed by atoms with Gasteiger partial charge in [0.25, 0.3) is 0 Å². The molecule has 5 heteroatoms. The quantitative estimate of drug-likeness (QED) is 0.692. The van der Waals surface area contributed by atoms with Gasteiger partial charge in [-0.3, -0.25) is 0 Å². The average Bonchev–Trinajstić information content (AvgIpc) is 2.55. The van der Waals surface area contributed by atoms with Crippen LogP contribution in [0.4, 0.5) is 0 Å². The zero-order valence-corrected chi connectivity index (χ0v) is 17.1. The first-order valence-electron chi connectivity index (χ1n) is 8.68. The van der Waals surface area contributed by atoms with Gasteiger partial charge in [-0.25, -0.2) is 0 Å². The molecule has 4 nitrogen and oxygen atoms in total. The Morgan fingerprint density at radius 2 is 1.69 bits per heavy atom. The van der Waals surface area contributed by atoms with Crippen molar-refractivity contribution < 1.29 is 19.3 Å². The van der Waals surface area contributed by atoms with E-state index in [1.54, 1.807) is 7.11 Å². The van der Waals surface area contributed by atoms with E-state index in [-0.39, 0.29) is 6.35 Å². The second-order valence-electron chi connectivity index (χ2n) is 7.10. The van der Waals surface area contributed by atoms with Crippen molar-refractivity contribution in [3.63, 3.8) is 0 Å². The standard InChI is InChI=1S/C21H29O4P/c1-14(2)19-11-17(7-8-21(19)24-5)12-20-15(3)9-18(10-16(20)4)25-13-26(6,22)23/h7-11,14,22-23H,6,12-13H2,1-5H3. The SMILES string of the molecule is C=P(O)(O)COc1cc(C)c(Cc2ccc(OC)c(C(C)C)c2)c(C)c1. The average molecular weight is 376 g/mol. The molecule has 26 heavy (non-hydrogen) atoms. The third kappa shape index (κ3) is 5.38. The molecular formula is C21H29O4P. The molecule has 0 bridgehead atoms. The van der Waals surface area contributed by atoms with Crippen molar-refractivity contribution in [3.05, 3.63) is 58.1 Å². The van der Waals surface area contributed by atoms with Crippen molar-refractivity contribution in [2.75, 3.05) is 13.5 Å². The van der Waals surface area contributed by atoms with Crippen LogP contribution in [-0.4, -0.2) is 29.5 Å². The summed E-state index contributed by atoms with van der Waals surface area (Å²) in [5.41, 5.74) is 5.93. The zero-order chi connectivity index (χ0) is 19.5. The lowest BCUT2D eigenvalue weighted by atomic mass is 9.93. The van der Waals surface area contributed by atoms with E-state index in [0.29, 0.717) is 11.7 Å². The van der Waals surface area contributed by atoms with Gasteiger partial charge in [0.05, 0.1) is 7.11 Å². The summed E-state index contributed by atoms with van der Waals surface area (Å²) in [6, 6.07) is 10.2.